The average molecular weight is 604 g/mol. The number of carbonyl (C=O) groups excluding carboxylic acids is 3. The van der Waals surface area contributed by atoms with Gasteiger partial charge in [-0.2, -0.15) is 10.1 Å². The summed E-state index contributed by atoms with van der Waals surface area (Å²) in [5.41, 5.74) is 2.62. The van der Waals surface area contributed by atoms with Crippen molar-refractivity contribution in [2.45, 2.75) is 61.0 Å². The van der Waals surface area contributed by atoms with Crippen LogP contribution in [0.25, 0.3) is 11.1 Å². The monoisotopic (exact) mass is 603 g/mol. The molecule has 3 amide bonds. The Morgan fingerprint density at radius 1 is 0.955 bits per heavy atom. The summed E-state index contributed by atoms with van der Waals surface area (Å²) in [5.74, 6) is -1.09. The molecule has 234 valence electrons. The molecule has 0 aliphatic heterocycles. The first-order valence-electron chi connectivity index (χ1n) is 14.8. The second kappa shape index (κ2) is 14.7. The molecular weight excluding hydrogens is 561 g/mol. The highest BCUT2D eigenvalue weighted by molar-refractivity contribution is 6.12. The van der Waals surface area contributed by atoms with E-state index in [-0.39, 0.29) is 41.2 Å². The Morgan fingerprint density at radius 3 is 2.14 bits per heavy atom. The molecule has 0 radical (unpaired) electrons. The normalized spacial score (nSPS) is 11.7. The second-order valence-corrected chi connectivity index (χ2v) is 11.8. The number of aryl methyl sites for hydroxylation is 1. The largest absolute Gasteiger partial charge is 0.442 e. The van der Waals surface area contributed by atoms with Crippen LogP contribution in [-0.4, -0.2) is 58.8 Å². The fraction of sp³-hybridized carbons (Fsp3) is 0.382. The van der Waals surface area contributed by atoms with E-state index in [4.69, 9.17) is 4.74 Å². The van der Waals surface area contributed by atoms with Crippen LogP contribution < -0.4 is 10.6 Å². The minimum atomic E-state index is -0.776. The summed E-state index contributed by atoms with van der Waals surface area (Å²) in [5, 5.41) is 11.3. The quantitative estimate of drug-likeness (QED) is 0.207. The third kappa shape index (κ3) is 8.95. The van der Waals surface area contributed by atoms with Gasteiger partial charge in [0.1, 0.15) is 17.1 Å². The molecule has 3 aromatic rings. The number of nitrogens with one attached hydrogen (secondary N) is 2. The van der Waals surface area contributed by atoms with Crippen molar-refractivity contribution < 1.29 is 23.5 Å². The van der Waals surface area contributed by atoms with Gasteiger partial charge in [0, 0.05) is 30.4 Å². The van der Waals surface area contributed by atoms with E-state index < -0.39 is 17.5 Å². The van der Waals surface area contributed by atoms with Gasteiger partial charge in [-0.3, -0.25) is 14.6 Å². The van der Waals surface area contributed by atoms with Crippen LogP contribution >= 0.6 is 0 Å². The summed E-state index contributed by atoms with van der Waals surface area (Å²) in [6, 6.07) is 13.1. The van der Waals surface area contributed by atoms with Crippen LogP contribution in [0.1, 0.15) is 86.0 Å². The summed E-state index contributed by atoms with van der Waals surface area (Å²) in [6.45, 7) is 15.8. The van der Waals surface area contributed by atoms with E-state index in [2.05, 4.69) is 20.7 Å². The van der Waals surface area contributed by atoms with E-state index in [1.807, 2.05) is 40.7 Å². The minimum absolute atomic E-state index is 0.0213. The molecule has 0 aliphatic carbocycles. The van der Waals surface area contributed by atoms with E-state index in [9.17, 15) is 14.4 Å². The summed E-state index contributed by atoms with van der Waals surface area (Å²) in [4.78, 5) is 42.4. The average Bonchev–Trinajstić information content (AvgIpc) is 2.95. The minimum Gasteiger partial charge on any atom is -0.442 e. The summed E-state index contributed by atoms with van der Waals surface area (Å²) in [7, 11) is 0. The van der Waals surface area contributed by atoms with E-state index in [1.54, 1.807) is 57.2 Å². The second-order valence-electron chi connectivity index (χ2n) is 11.8. The lowest BCUT2D eigenvalue weighted by Gasteiger charge is -2.26. The highest BCUT2D eigenvalue weighted by Gasteiger charge is 2.25. The molecule has 0 atom stereocenters. The molecule has 0 unspecified atom stereocenters. The molecule has 44 heavy (non-hydrogen) atoms. The Balaban J connectivity index is 2.17. The maximum absolute atomic E-state index is 16.1. The van der Waals surface area contributed by atoms with E-state index >= 15 is 4.39 Å². The number of halogens is 1. The first-order chi connectivity index (χ1) is 20.7. The number of carbonyl (C=O) groups is 3. The molecule has 1 heterocycles. The number of hydrazone groups is 1. The predicted octanol–water partition coefficient (Wildman–Crippen LogP) is 6.34. The van der Waals surface area contributed by atoms with Gasteiger partial charge in [-0.25, -0.2) is 9.18 Å². The summed E-state index contributed by atoms with van der Waals surface area (Å²) >= 11 is 0. The van der Waals surface area contributed by atoms with Crippen LogP contribution in [0.2, 0.25) is 0 Å². The Labute approximate surface area is 258 Å². The van der Waals surface area contributed by atoms with Gasteiger partial charge in [0.15, 0.2) is 0 Å². The van der Waals surface area contributed by atoms with Crippen molar-refractivity contribution in [1.29, 1.82) is 0 Å². The van der Waals surface area contributed by atoms with Gasteiger partial charge in [-0.15, -0.1) is 0 Å². The number of ether oxygens (including phenoxy) is 1. The molecule has 2 aromatic carbocycles. The number of nitrogens with zero attached hydrogens (tertiary/aromatic N) is 3. The lowest BCUT2D eigenvalue weighted by atomic mass is 9.95. The van der Waals surface area contributed by atoms with E-state index in [1.165, 1.54) is 17.3 Å². The van der Waals surface area contributed by atoms with Gasteiger partial charge in [0.25, 0.3) is 11.8 Å². The van der Waals surface area contributed by atoms with Crippen LogP contribution in [0.4, 0.5) is 9.18 Å². The van der Waals surface area contributed by atoms with Crippen molar-refractivity contribution in [1.82, 2.24) is 20.6 Å². The molecule has 2 N–H and O–H groups in total. The first-order valence-corrected chi connectivity index (χ1v) is 14.8. The standard InChI is InChI=1S/C34H42FN5O4/c1-9-36-31(41)24-12-11-22(5)27(17-24)23-13-15-26(28(35)18-23)30(29-16-14-25(19-38-29)32(42)37-10-2)39-40(20-21(3)4)33(43)44-34(6,7)8/h11-19,21H,9-10,20H2,1-8H3,(H,36,41)(H,37,42). The molecule has 0 saturated heterocycles. The zero-order chi connectivity index (χ0) is 32.6. The third-order valence-corrected chi connectivity index (χ3v) is 6.34. The Kier molecular flexibility index (Phi) is 11.3. The topological polar surface area (TPSA) is 113 Å². The van der Waals surface area contributed by atoms with Crippen LogP contribution in [-0.2, 0) is 4.74 Å². The molecule has 10 heteroatoms. The summed E-state index contributed by atoms with van der Waals surface area (Å²) in [6.07, 6.45) is 0.705. The van der Waals surface area contributed by atoms with Gasteiger partial charge >= 0.3 is 6.09 Å². The van der Waals surface area contributed by atoms with Gasteiger partial charge in [-0.05, 0) is 101 Å². The van der Waals surface area contributed by atoms with Crippen molar-refractivity contribution in [3.05, 3.63) is 88.5 Å². The molecule has 0 aliphatic rings. The number of amides is 3. The van der Waals surface area contributed by atoms with Crippen LogP contribution in [0.3, 0.4) is 0 Å². The van der Waals surface area contributed by atoms with Crippen molar-refractivity contribution >= 4 is 23.6 Å². The lowest BCUT2D eigenvalue weighted by Crippen LogP contribution is -2.36. The smallest absolute Gasteiger partial charge is 0.430 e. The Bertz CT molecular complexity index is 1530. The Hall–Kier alpha value is -4.60. The van der Waals surface area contributed by atoms with Crippen molar-refractivity contribution in [2.24, 2.45) is 11.0 Å². The third-order valence-electron chi connectivity index (χ3n) is 6.34. The Morgan fingerprint density at radius 2 is 1.59 bits per heavy atom. The van der Waals surface area contributed by atoms with Crippen LogP contribution in [0.15, 0.2) is 59.8 Å². The van der Waals surface area contributed by atoms with E-state index in [0.29, 0.717) is 35.3 Å². The maximum Gasteiger partial charge on any atom is 0.430 e. The number of rotatable bonds is 10. The van der Waals surface area contributed by atoms with Gasteiger partial charge in [-0.1, -0.05) is 26.0 Å². The molecule has 3 rings (SSSR count). The highest BCUT2D eigenvalue weighted by Crippen LogP contribution is 2.28. The predicted molar refractivity (Wildman–Crippen MR) is 170 cm³/mol. The van der Waals surface area contributed by atoms with Gasteiger partial charge in [0.2, 0.25) is 0 Å². The van der Waals surface area contributed by atoms with Crippen molar-refractivity contribution in [3.63, 3.8) is 0 Å². The molecule has 1 aromatic heterocycles. The fourth-order valence-electron chi connectivity index (χ4n) is 4.32. The zero-order valence-corrected chi connectivity index (χ0v) is 26.7. The van der Waals surface area contributed by atoms with Gasteiger partial charge in [0.05, 0.1) is 17.8 Å². The molecule has 0 saturated carbocycles. The number of aromatic nitrogens is 1. The molecule has 0 fully saturated rings. The van der Waals surface area contributed by atoms with E-state index in [0.717, 1.165) is 5.56 Å². The SMILES string of the molecule is CCNC(=O)c1ccc(C(=NN(CC(C)C)C(=O)OC(C)(C)C)c2ccc(-c3cc(C(=O)NCC)ccc3C)cc2F)nc1. The molecular formula is C34H42FN5O4. The zero-order valence-electron chi connectivity index (χ0n) is 26.7. The van der Waals surface area contributed by atoms with Crippen molar-refractivity contribution in [2.75, 3.05) is 19.6 Å². The first kappa shape index (κ1) is 33.9. The van der Waals surface area contributed by atoms with Crippen LogP contribution in [0.5, 0.6) is 0 Å². The number of pyridine rings is 1. The molecule has 0 bridgehead atoms. The fourth-order valence-corrected chi connectivity index (χ4v) is 4.32. The van der Waals surface area contributed by atoms with Crippen molar-refractivity contribution in [3.8, 4) is 11.1 Å². The number of hydrogen-bond donors (Lipinski definition) is 2. The lowest BCUT2D eigenvalue weighted by molar-refractivity contribution is 0.0233. The number of hydrogen-bond acceptors (Lipinski definition) is 6. The molecule has 9 nitrogen and oxygen atoms in total. The molecule has 0 spiro atoms. The maximum atomic E-state index is 16.1. The van der Waals surface area contributed by atoms with Crippen LogP contribution in [0, 0.1) is 18.7 Å². The van der Waals surface area contributed by atoms with Gasteiger partial charge < -0.3 is 15.4 Å². The number of benzene rings is 2. The highest BCUT2D eigenvalue weighted by atomic mass is 19.1. The summed E-state index contributed by atoms with van der Waals surface area (Å²) < 4.78 is 21.7.